The minimum atomic E-state index is 0.906. The molecule has 13 rings (SSSR count). The van der Waals surface area contributed by atoms with Crippen LogP contribution in [-0.4, -0.2) is 4.57 Å². The van der Waals surface area contributed by atoms with Gasteiger partial charge in [-0.15, -0.1) is 0 Å². The van der Waals surface area contributed by atoms with Gasteiger partial charge in [-0.05, 0) is 141 Å². The van der Waals surface area contributed by atoms with Crippen LogP contribution in [0.1, 0.15) is 0 Å². The molecule has 0 radical (unpaired) electrons. The first-order valence-corrected chi connectivity index (χ1v) is 23.6. The summed E-state index contributed by atoms with van der Waals surface area (Å²) in [5.74, 6) is 0. The minimum absolute atomic E-state index is 0.906. The zero-order valence-electron chi connectivity index (χ0n) is 37.7. The number of nitrogens with zero attached hydrogens (tertiary/aromatic N) is 2. The first-order valence-electron chi connectivity index (χ1n) is 23.6. The molecule has 13 aromatic rings. The van der Waals surface area contributed by atoms with Crippen molar-refractivity contribution >= 4 is 60.8 Å². The van der Waals surface area contributed by atoms with Crippen molar-refractivity contribution in [1.29, 1.82) is 0 Å². The predicted molar refractivity (Wildman–Crippen MR) is 290 cm³/mol. The van der Waals surface area contributed by atoms with E-state index < -0.39 is 0 Å². The molecule has 2 heterocycles. The maximum Gasteiger partial charge on any atom is 0.136 e. The molecule has 0 aliphatic rings. The van der Waals surface area contributed by atoms with Crippen molar-refractivity contribution in [3.63, 3.8) is 0 Å². The highest BCUT2D eigenvalue weighted by Crippen LogP contribution is 2.40. The van der Waals surface area contributed by atoms with Gasteiger partial charge >= 0.3 is 0 Å². The molecule has 0 atom stereocenters. The third-order valence-electron chi connectivity index (χ3n) is 13.6. The maximum atomic E-state index is 6.21. The van der Waals surface area contributed by atoms with Crippen LogP contribution in [0, 0.1) is 0 Å². The highest BCUT2D eigenvalue weighted by molar-refractivity contribution is 6.09. The Morgan fingerprint density at radius 1 is 0.246 bits per heavy atom. The number of anilines is 3. The molecule has 324 valence electrons. The van der Waals surface area contributed by atoms with Gasteiger partial charge in [0.25, 0.3) is 0 Å². The Morgan fingerprint density at radius 3 is 1.32 bits per heavy atom. The fraction of sp³-hybridized carbons (Fsp3) is 0. The van der Waals surface area contributed by atoms with Crippen molar-refractivity contribution in [2.45, 2.75) is 0 Å². The Bertz CT molecular complexity index is 3940. The lowest BCUT2D eigenvalue weighted by molar-refractivity contribution is 0.669. The summed E-state index contributed by atoms with van der Waals surface area (Å²) in [4.78, 5) is 2.37. The van der Waals surface area contributed by atoms with E-state index in [0.29, 0.717) is 0 Å². The largest absolute Gasteiger partial charge is 0.456 e. The SMILES string of the molecule is c1ccc(-c2cccc(-c3cccc(N(c4ccc(-c5ccc(-c6ccc7c(c6)oc6ccccc67)cc5)cc4)c4ccc(-c5cccc(-n6c7ccccc7c7ccccc76)c5)cc4)c3)c2)cc1. The molecule has 0 aliphatic heterocycles. The Labute approximate surface area is 401 Å². The van der Waals surface area contributed by atoms with Gasteiger partial charge in [-0.1, -0.05) is 182 Å². The molecular weight excluding hydrogens is 837 g/mol. The first kappa shape index (κ1) is 40.1. The van der Waals surface area contributed by atoms with E-state index in [1.807, 2.05) is 12.1 Å². The molecule has 3 nitrogen and oxygen atoms in total. The van der Waals surface area contributed by atoms with Crippen LogP contribution in [0.5, 0.6) is 0 Å². The lowest BCUT2D eigenvalue weighted by Crippen LogP contribution is -2.10. The number of fused-ring (bicyclic) bond motifs is 6. The Balaban J connectivity index is 0.846. The average Bonchev–Trinajstić information content (AvgIpc) is 3.97. The van der Waals surface area contributed by atoms with Gasteiger partial charge in [0.05, 0.1) is 11.0 Å². The van der Waals surface area contributed by atoms with Crippen molar-refractivity contribution in [2.75, 3.05) is 4.90 Å². The number of aromatic nitrogens is 1. The van der Waals surface area contributed by atoms with E-state index in [2.05, 4.69) is 264 Å². The average molecular weight is 881 g/mol. The fourth-order valence-electron chi connectivity index (χ4n) is 10.2. The lowest BCUT2D eigenvalue weighted by Gasteiger charge is -2.26. The van der Waals surface area contributed by atoms with E-state index in [1.165, 1.54) is 44.1 Å². The van der Waals surface area contributed by atoms with Crippen molar-refractivity contribution in [3.05, 3.63) is 267 Å². The quantitative estimate of drug-likeness (QED) is 0.144. The van der Waals surface area contributed by atoms with Crippen LogP contribution in [0.15, 0.2) is 271 Å². The summed E-state index contributed by atoms with van der Waals surface area (Å²) in [6.07, 6.45) is 0. The number of hydrogen-bond donors (Lipinski definition) is 0. The van der Waals surface area contributed by atoms with Crippen LogP contribution < -0.4 is 4.90 Å². The molecule has 0 spiro atoms. The van der Waals surface area contributed by atoms with Gasteiger partial charge in [-0.2, -0.15) is 0 Å². The van der Waals surface area contributed by atoms with E-state index in [-0.39, 0.29) is 0 Å². The molecular formula is C66H44N2O. The molecule has 0 amide bonds. The third kappa shape index (κ3) is 7.34. The van der Waals surface area contributed by atoms with Crippen LogP contribution in [-0.2, 0) is 0 Å². The van der Waals surface area contributed by atoms with E-state index in [4.69, 9.17) is 4.42 Å². The molecule has 11 aromatic carbocycles. The van der Waals surface area contributed by atoms with E-state index >= 15 is 0 Å². The second-order valence-electron chi connectivity index (χ2n) is 17.7. The van der Waals surface area contributed by atoms with E-state index in [9.17, 15) is 0 Å². The van der Waals surface area contributed by atoms with E-state index in [0.717, 1.165) is 78.1 Å². The number of benzene rings is 11. The minimum Gasteiger partial charge on any atom is -0.456 e. The Hall–Kier alpha value is -9.18. The molecule has 0 bridgehead atoms. The van der Waals surface area contributed by atoms with Crippen molar-refractivity contribution < 1.29 is 4.42 Å². The van der Waals surface area contributed by atoms with Crippen LogP contribution in [0.2, 0.25) is 0 Å². The Kier molecular flexibility index (Phi) is 9.84. The normalized spacial score (nSPS) is 11.5. The zero-order valence-corrected chi connectivity index (χ0v) is 37.7. The molecule has 0 saturated heterocycles. The predicted octanol–water partition coefficient (Wildman–Crippen LogP) is 18.5. The van der Waals surface area contributed by atoms with Gasteiger partial charge in [0.15, 0.2) is 0 Å². The van der Waals surface area contributed by atoms with Gasteiger partial charge in [0, 0.05) is 44.3 Å². The molecule has 0 saturated carbocycles. The number of rotatable bonds is 9. The van der Waals surface area contributed by atoms with Gasteiger partial charge in [0.2, 0.25) is 0 Å². The van der Waals surface area contributed by atoms with Gasteiger partial charge in [0.1, 0.15) is 11.2 Å². The summed E-state index contributed by atoms with van der Waals surface area (Å²) >= 11 is 0. The smallest absolute Gasteiger partial charge is 0.136 e. The number of hydrogen-bond acceptors (Lipinski definition) is 2. The monoisotopic (exact) mass is 880 g/mol. The molecule has 3 heteroatoms. The van der Waals surface area contributed by atoms with Crippen LogP contribution in [0.4, 0.5) is 17.1 Å². The summed E-state index contributed by atoms with van der Waals surface area (Å²) in [7, 11) is 0. The number of para-hydroxylation sites is 3. The third-order valence-corrected chi connectivity index (χ3v) is 13.6. The first-order chi connectivity index (χ1) is 34.2. The maximum absolute atomic E-state index is 6.21. The zero-order chi connectivity index (χ0) is 45.7. The summed E-state index contributed by atoms with van der Waals surface area (Å²) < 4.78 is 8.60. The van der Waals surface area contributed by atoms with Crippen LogP contribution in [0.25, 0.3) is 105 Å². The topological polar surface area (TPSA) is 21.3 Å². The summed E-state index contributed by atoms with van der Waals surface area (Å²) in [5.41, 5.74) is 20.3. The standard InChI is InChI=1S/C66H44N2O/c1-2-13-45(14-3-1)50-15-10-16-51(41-50)53-18-12-19-57(43-53)67(55-36-31-47(32-37-55)46-27-29-48(30-28-46)54-35-40-62-61-23-6-9-26-65(61)69-66(62)44-54)56-38-33-49(34-39-56)52-17-11-20-58(42-52)68-63-24-7-4-21-59(63)60-22-5-8-25-64(60)68/h1-44H. The molecule has 69 heavy (non-hydrogen) atoms. The van der Waals surface area contributed by atoms with Gasteiger partial charge < -0.3 is 13.9 Å². The molecule has 0 aliphatic carbocycles. The van der Waals surface area contributed by atoms with E-state index in [1.54, 1.807) is 0 Å². The molecule has 0 fully saturated rings. The van der Waals surface area contributed by atoms with Crippen molar-refractivity contribution in [1.82, 2.24) is 4.57 Å². The molecule has 0 N–H and O–H groups in total. The summed E-state index contributed by atoms with van der Waals surface area (Å²) in [5, 5.41) is 4.81. The second kappa shape index (κ2) is 16.9. The van der Waals surface area contributed by atoms with Crippen molar-refractivity contribution in [3.8, 4) is 61.3 Å². The summed E-state index contributed by atoms with van der Waals surface area (Å²) in [6.45, 7) is 0. The lowest BCUT2D eigenvalue weighted by atomic mass is 9.98. The summed E-state index contributed by atoms with van der Waals surface area (Å²) in [6, 6.07) is 96.1. The van der Waals surface area contributed by atoms with Crippen LogP contribution >= 0.6 is 0 Å². The van der Waals surface area contributed by atoms with Gasteiger partial charge in [-0.3, -0.25) is 0 Å². The Morgan fingerprint density at radius 2 is 0.667 bits per heavy atom. The fourth-order valence-corrected chi connectivity index (χ4v) is 10.2. The van der Waals surface area contributed by atoms with Crippen LogP contribution in [0.3, 0.4) is 0 Å². The highest BCUT2D eigenvalue weighted by Gasteiger charge is 2.17. The molecule has 2 aromatic heterocycles. The van der Waals surface area contributed by atoms with Gasteiger partial charge in [-0.25, -0.2) is 0 Å². The number of furan rings is 1. The van der Waals surface area contributed by atoms with Crippen molar-refractivity contribution in [2.24, 2.45) is 0 Å². The molecule has 0 unspecified atom stereocenters. The second-order valence-corrected chi connectivity index (χ2v) is 17.7. The highest BCUT2D eigenvalue weighted by atomic mass is 16.3.